The molecule has 0 radical (unpaired) electrons. The van der Waals surface area contributed by atoms with E-state index in [0.29, 0.717) is 6.04 Å². The molecule has 2 rings (SSSR count). The second-order valence-electron chi connectivity index (χ2n) is 4.50. The number of anilines is 1. The molecule has 1 aliphatic rings. The maximum atomic E-state index is 9.53. The average Bonchev–Trinajstić information content (AvgIpc) is 2.30. The Morgan fingerprint density at radius 3 is 2.88 bits per heavy atom. The molecular weight excluding hydrogens is 254 g/mol. The lowest BCUT2D eigenvalue weighted by Gasteiger charge is -2.35. The summed E-state index contributed by atoms with van der Waals surface area (Å²) in [5.41, 5.74) is 1.96. The van der Waals surface area contributed by atoms with E-state index in [0.717, 1.165) is 34.3 Å². The fraction of sp³-hybridized carbons (Fsp3) is 0.538. The van der Waals surface area contributed by atoms with Crippen LogP contribution in [0.15, 0.2) is 18.2 Å². The number of rotatable bonds is 2. The van der Waals surface area contributed by atoms with Gasteiger partial charge in [0.2, 0.25) is 0 Å². The Kier molecular flexibility index (Phi) is 4.23. The van der Waals surface area contributed by atoms with E-state index >= 15 is 0 Å². The van der Waals surface area contributed by atoms with Crippen LogP contribution in [0.4, 0.5) is 5.69 Å². The molecule has 0 amide bonds. The van der Waals surface area contributed by atoms with Gasteiger partial charge < -0.3 is 10.0 Å². The summed E-state index contributed by atoms with van der Waals surface area (Å²) in [7, 11) is 0. The monoisotopic (exact) mass is 271 g/mol. The molecule has 1 aromatic carbocycles. The third kappa shape index (κ3) is 2.90. The van der Waals surface area contributed by atoms with E-state index in [1.807, 2.05) is 30.0 Å². The van der Waals surface area contributed by atoms with Crippen LogP contribution in [-0.4, -0.2) is 29.2 Å². The minimum Gasteiger partial charge on any atom is -0.389 e. The number of thioether (sulfide) groups is 1. The Morgan fingerprint density at radius 2 is 2.29 bits per heavy atom. The predicted octanol–water partition coefficient (Wildman–Crippen LogP) is 3.34. The van der Waals surface area contributed by atoms with Gasteiger partial charge in [0.15, 0.2) is 0 Å². The highest BCUT2D eigenvalue weighted by Crippen LogP contribution is 2.32. The fourth-order valence-corrected chi connectivity index (χ4v) is 3.41. The van der Waals surface area contributed by atoms with Gasteiger partial charge in [0.05, 0.1) is 16.8 Å². The smallest absolute Gasteiger partial charge is 0.0762 e. The Morgan fingerprint density at radius 1 is 1.53 bits per heavy atom. The van der Waals surface area contributed by atoms with E-state index in [1.165, 1.54) is 0 Å². The molecule has 1 fully saturated rings. The fourth-order valence-electron chi connectivity index (χ4n) is 2.10. The number of aliphatic hydroxyl groups excluding tert-OH is 1. The third-order valence-electron chi connectivity index (χ3n) is 3.13. The van der Waals surface area contributed by atoms with Crippen LogP contribution < -0.4 is 4.90 Å². The molecule has 0 bridgehead atoms. The van der Waals surface area contributed by atoms with Crippen molar-refractivity contribution in [1.82, 2.24) is 0 Å². The minimum atomic E-state index is -0.462. The van der Waals surface area contributed by atoms with Crippen molar-refractivity contribution in [3.63, 3.8) is 0 Å². The molecule has 1 heterocycles. The van der Waals surface area contributed by atoms with Crippen LogP contribution in [-0.2, 0) is 0 Å². The topological polar surface area (TPSA) is 23.5 Å². The zero-order valence-corrected chi connectivity index (χ0v) is 11.8. The molecule has 2 nitrogen and oxygen atoms in total. The standard InChI is InChI=1S/C13H18ClNOS/c1-9-8-17-6-5-15(9)13-4-3-11(10(2)16)7-12(13)14/h3-4,7,9-10,16H,5-6,8H2,1-2H3. The van der Waals surface area contributed by atoms with Gasteiger partial charge in [-0.25, -0.2) is 0 Å². The van der Waals surface area contributed by atoms with Crippen LogP contribution in [0.3, 0.4) is 0 Å². The summed E-state index contributed by atoms with van der Waals surface area (Å²) >= 11 is 8.30. The van der Waals surface area contributed by atoms with Crippen LogP contribution in [0.1, 0.15) is 25.5 Å². The molecule has 0 aromatic heterocycles. The van der Waals surface area contributed by atoms with Gasteiger partial charge in [0.1, 0.15) is 0 Å². The summed E-state index contributed by atoms with van der Waals surface area (Å²) in [5.74, 6) is 2.30. The Labute approximate surface area is 112 Å². The molecule has 0 saturated carbocycles. The normalized spacial score (nSPS) is 22.6. The quantitative estimate of drug-likeness (QED) is 0.893. The molecule has 1 aliphatic heterocycles. The Hall–Kier alpha value is -0.380. The van der Waals surface area contributed by atoms with Gasteiger partial charge in [0.25, 0.3) is 0 Å². The van der Waals surface area contributed by atoms with Crippen LogP contribution >= 0.6 is 23.4 Å². The first kappa shape index (κ1) is 13.1. The van der Waals surface area contributed by atoms with E-state index in [9.17, 15) is 5.11 Å². The zero-order chi connectivity index (χ0) is 12.4. The van der Waals surface area contributed by atoms with Gasteiger partial charge in [-0.05, 0) is 31.5 Å². The summed E-state index contributed by atoms with van der Waals surface area (Å²) in [4.78, 5) is 2.35. The zero-order valence-electron chi connectivity index (χ0n) is 10.2. The van der Waals surface area contributed by atoms with Crippen molar-refractivity contribution in [2.24, 2.45) is 0 Å². The number of halogens is 1. The summed E-state index contributed by atoms with van der Waals surface area (Å²) in [6, 6.07) is 6.37. The number of hydrogen-bond acceptors (Lipinski definition) is 3. The van der Waals surface area contributed by atoms with E-state index in [1.54, 1.807) is 6.92 Å². The lowest BCUT2D eigenvalue weighted by Crippen LogP contribution is -2.40. The lowest BCUT2D eigenvalue weighted by molar-refractivity contribution is 0.199. The summed E-state index contributed by atoms with van der Waals surface area (Å²) in [6.07, 6.45) is -0.462. The highest BCUT2D eigenvalue weighted by atomic mass is 35.5. The minimum absolute atomic E-state index is 0.462. The van der Waals surface area contributed by atoms with Gasteiger partial charge in [-0.15, -0.1) is 0 Å². The molecular formula is C13H18ClNOS. The Balaban J connectivity index is 2.26. The Bertz CT molecular complexity index is 397. The molecule has 1 aromatic rings. The predicted molar refractivity (Wildman–Crippen MR) is 76.2 cm³/mol. The highest BCUT2D eigenvalue weighted by Gasteiger charge is 2.21. The highest BCUT2D eigenvalue weighted by molar-refractivity contribution is 7.99. The van der Waals surface area contributed by atoms with Gasteiger partial charge >= 0.3 is 0 Å². The van der Waals surface area contributed by atoms with Gasteiger partial charge in [-0.1, -0.05) is 17.7 Å². The van der Waals surface area contributed by atoms with Crippen molar-refractivity contribution < 1.29 is 5.11 Å². The lowest BCUT2D eigenvalue weighted by atomic mass is 10.1. The SMILES string of the molecule is CC(O)c1ccc(N2CCSCC2C)c(Cl)c1. The van der Waals surface area contributed by atoms with E-state index < -0.39 is 6.10 Å². The number of nitrogens with zero attached hydrogens (tertiary/aromatic N) is 1. The summed E-state index contributed by atoms with van der Waals surface area (Å²) in [6.45, 7) is 5.02. The van der Waals surface area contributed by atoms with Crippen molar-refractivity contribution in [2.45, 2.75) is 26.0 Å². The first-order valence-electron chi connectivity index (χ1n) is 5.91. The first-order chi connectivity index (χ1) is 8.09. The van der Waals surface area contributed by atoms with Crippen LogP contribution in [0.2, 0.25) is 5.02 Å². The van der Waals surface area contributed by atoms with E-state index in [2.05, 4.69) is 11.8 Å². The first-order valence-corrected chi connectivity index (χ1v) is 7.44. The average molecular weight is 272 g/mol. The van der Waals surface area contributed by atoms with Crippen molar-refractivity contribution in [1.29, 1.82) is 0 Å². The third-order valence-corrected chi connectivity index (χ3v) is 4.62. The molecule has 2 atom stereocenters. The molecule has 2 unspecified atom stereocenters. The largest absolute Gasteiger partial charge is 0.389 e. The van der Waals surface area contributed by atoms with Crippen LogP contribution in [0.25, 0.3) is 0 Å². The molecule has 17 heavy (non-hydrogen) atoms. The van der Waals surface area contributed by atoms with E-state index in [-0.39, 0.29) is 0 Å². The molecule has 0 aliphatic carbocycles. The molecule has 1 saturated heterocycles. The van der Waals surface area contributed by atoms with Crippen LogP contribution in [0, 0.1) is 0 Å². The van der Waals surface area contributed by atoms with Gasteiger partial charge in [-0.2, -0.15) is 11.8 Å². The second kappa shape index (κ2) is 5.51. The van der Waals surface area contributed by atoms with Crippen molar-refractivity contribution in [2.75, 3.05) is 23.0 Å². The van der Waals surface area contributed by atoms with Crippen LogP contribution in [0.5, 0.6) is 0 Å². The van der Waals surface area contributed by atoms with Crippen molar-refractivity contribution in [3.8, 4) is 0 Å². The molecule has 0 spiro atoms. The molecule has 1 N–H and O–H groups in total. The van der Waals surface area contributed by atoms with E-state index in [4.69, 9.17) is 11.6 Å². The second-order valence-corrected chi connectivity index (χ2v) is 6.06. The molecule has 4 heteroatoms. The number of aliphatic hydroxyl groups is 1. The van der Waals surface area contributed by atoms with Crippen molar-refractivity contribution >= 4 is 29.1 Å². The van der Waals surface area contributed by atoms with Gasteiger partial charge in [0, 0.05) is 24.1 Å². The number of hydrogen-bond donors (Lipinski definition) is 1. The summed E-state index contributed by atoms with van der Waals surface area (Å²) < 4.78 is 0. The molecule has 94 valence electrons. The maximum Gasteiger partial charge on any atom is 0.0762 e. The number of benzene rings is 1. The van der Waals surface area contributed by atoms with Gasteiger partial charge in [-0.3, -0.25) is 0 Å². The summed E-state index contributed by atoms with van der Waals surface area (Å²) in [5, 5.41) is 10.3. The maximum absolute atomic E-state index is 9.53. The van der Waals surface area contributed by atoms with Crippen molar-refractivity contribution in [3.05, 3.63) is 28.8 Å².